The van der Waals surface area contributed by atoms with E-state index in [1.165, 1.54) is 0 Å². The van der Waals surface area contributed by atoms with Crippen LogP contribution in [0.2, 0.25) is 0 Å². The van der Waals surface area contributed by atoms with E-state index in [2.05, 4.69) is 6.92 Å². The zero-order valence-electron chi connectivity index (χ0n) is 8.75. The van der Waals surface area contributed by atoms with Gasteiger partial charge in [-0.1, -0.05) is 33.1 Å². The van der Waals surface area contributed by atoms with Crippen molar-refractivity contribution in [2.24, 2.45) is 17.4 Å². The van der Waals surface area contributed by atoms with Crippen molar-refractivity contribution in [2.45, 2.75) is 52.0 Å². The number of hydrogen-bond acceptors (Lipinski definition) is 2. The fourth-order valence-electron chi connectivity index (χ4n) is 1.47. The molecule has 0 saturated heterocycles. The minimum atomic E-state index is -0.245. The van der Waals surface area contributed by atoms with Gasteiger partial charge in [0.05, 0.1) is 5.92 Å². The van der Waals surface area contributed by atoms with Crippen LogP contribution in [0.4, 0.5) is 0 Å². The third kappa shape index (κ3) is 4.88. The molecule has 4 N–H and O–H groups in total. The van der Waals surface area contributed by atoms with Gasteiger partial charge in [0.2, 0.25) is 5.91 Å². The molecular weight excluding hydrogens is 164 g/mol. The summed E-state index contributed by atoms with van der Waals surface area (Å²) >= 11 is 0. The Bertz CT molecular complexity index is 148. The van der Waals surface area contributed by atoms with Crippen molar-refractivity contribution in [3.8, 4) is 0 Å². The first-order valence-corrected chi connectivity index (χ1v) is 5.18. The molecule has 0 radical (unpaired) electrons. The summed E-state index contributed by atoms with van der Waals surface area (Å²) in [7, 11) is 0. The standard InChI is InChI=1S/C10H22N2O/c1-3-5-6-7-8(10(12)13)9(11)4-2/h8-9H,3-7,11H2,1-2H3,(H2,12,13)/t8-,9-/m1/s1. The van der Waals surface area contributed by atoms with Gasteiger partial charge in [-0.2, -0.15) is 0 Å². The molecule has 0 aliphatic carbocycles. The Morgan fingerprint density at radius 3 is 2.31 bits per heavy atom. The van der Waals surface area contributed by atoms with Crippen molar-refractivity contribution >= 4 is 5.91 Å². The summed E-state index contributed by atoms with van der Waals surface area (Å²) in [6.45, 7) is 4.12. The molecule has 0 fully saturated rings. The quantitative estimate of drug-likeness (QED) is 0.590. The van der Waals surface area contributed by atoms with Crippen molar-refractivity contribution in [1.29, 1.82) is 0 Å². The first-order valence-electron chi connectivity index (χ1n) is 5.18. The first-order chi connectivity index (χ1) is 6.13. The summed E-state index contributed by atoms with van der Waals surface area (Å²) in [4.78, 5) is 11.0. The van der Waals surface area contributed by atoms with Crippen LogP contribution in [-0.4, -0.2) is 11.9 Å². The Morgan fingerprint density at radius 1 is 1.31 bits per heavy atom. The second-order valence-corrected chi connectivity index (χ2v) is 3.58. The van der Waals surface area contributed by atoms with Crippen LogP contribution in [0, 0.1) is 5.92 Å². The molecule has 0 aromatic carbocycles. The van der Waals surface area contributed by atoms with E-state index in [0.717, 1.165) is 32.1 Å². The third-order valence-corrected chi connectivity index (χ3v) is 2.47. The van der Waals surface area contributed by atoms with E-state index >= 15 is 0 Å². The molecule has 2 atom stereocenters. The van der Waals surface area contributed by atoms with E-state index in [9.17, 15) is 4.79 Å². The van der Waals surface area contributed by atoms with Crippen molar-refractivity contribution < 1.29 is 4.79 Å². The molecule has 0 aromatic heterocycles. The lowest BCUT2D eigenvalue weighted by Gasteiger charge is -2.19. The summed E-state index contributed by atoms with van der Waals surface area (Å²) in [5.41, 5.74) is 11.1. The van der Waals surface area contributed by atoms with Crippen LogP contribution >= 0.6 is 0 Å². The van der Waals surface area contributed by atoms with Crippen LogP contribution in [-0.2, 0) is 4.79 Å². The molecule has 0 aliphatic rings. The first kappa shape index (κ1) is 12.4. The Hall–Kier alpha value is -0.570. The topological polar surface area (TPSA) is 69.1 Å². The van der Waals surface area contributed by atoms with E-state index in [4.69, 9.17) is 11.5 Å². The largest absolute Gasteiger partial charge is 0.369 e. The Balaban J connectivity index is 3.88. The van der Waals surface area contributed by atoms with Crippen molar-refractivity contribution in [1.82, 2.24) is 0 Å². The van der Waals surface area contributed by atoms with Crippen molar-refractivity contribution in [3.05, 3.63) is 0 Å². The van der Waals surface area contributed by atoms with E-state index < -0.39 is 0 Å². The lowest BCUT2D eigenvalue weighted by molar-refractivity contribution is -0.122. The van der Waals surface area contributed by atoms with Gasteiger partial charge in [0.15, 0.2) is 0 Å². The van der Waals surface area contributed by atoms with E-state index in [-0.39, 0.29) is 17.9 Å². The number of carbonyl (C=O) groups excluding carboxylic acids is 1. The number of amides is 1. The van der Waals surface area contributed by atoms with Crippen LogP contribution in [0.25, 0.3) is 0 Å². The molecule has 0 aliphatic heterocycles. The van der Waals surface area contributed by atoms with E-state index in [0.29, 0.717) is 0 Å². The third-order valence-electron chi connectivity index (χ3n) is 2.47. The highest BCUT2D eigenvalue weighted by Gasteiger charge is 2.20. The average Bonchev–Trinajstić information content (AvgIpc) is 2.11. The number of unbranched alkanes of at least 4 members (excludes halogenated alkanes) is 2. The molecule has 78 valence electrons. The van der Waals surface area contributed by atoms with Gasteiger partial charge in [-0.05, 0) is 12.8 Å². The maximum absolute atomic E-state index is 11.0. The maximum atomic E-state index is 11.0. The minimum Gasteiger partial charge on any atom is -0.369 e. The maximum Gasteiger partial charge on any atom is 0.222 e. The van der Waals surface area contributed by atoms with Gasteiger partial charge < -0.3 is 11.5 Å². The van der Waals surface area contributed by atoms with Crippen LogP contribution < -0.4 is 11.5 Å². The predicted octanol–water partition coefficient (Wildman–Crippen LogP) is 1.41. The summed E-state index contributed by atoms with van der Waals surface area (Å²) in [5.74, 6) is -0.373. The average molecular weight is 186 g/mol. The van der Waals surface area contributed by atoms with Gasteiger partial charge in [-0.3, -0.25) is 4.79 Å². The van der Waals surface area contributed by atoms with Gasteiger partial charge in [0, 0.05) is 6.04 Å². The van der Waals surface area contributed by atoms with E-state index in [1.54, 1.807) is 0 Å². The van der Waals surface area contributed by atoms with Gasteiger partial charge in [0.25, 0.3) is 0 Å². The Kier molecular flexibility index (Phi) is 6.59. The predicted molar refractivity (Wildman–Crippen MR) is 55.1 cm³/mol. The number of hydrogen-bond donors (Lipinski definition) is 2. The van der Waals surface area contributed by atoms with E-state index in [1.807, 2.05) is 6.92 Å². The Morgan fingerprint density at radius 2 is 1.92 bits per heavy atom. The number of nitrogens with two attached hydrogens (primary N) is 2. The molecule has 0 spiro atoms. The normalized spacial score (nSPS) is 15.3. The highest BCUT2D eigenvalue weighted by molar-refractivity contribution is 5.77. The lowest BCUT2D eigenvalue weighted by Crippen LogP contribution is -2.38. The molecule has 0 aromatic rings. The molecule has 3 heteroatoms. The highest BCUT2D eigenvalue weighted by Crippen LogP contribution is 2.14. The van der Waals surface area contributed by atoms with Gasteiger partial charge in [0.1, 0.15) is 0 Å². The second kappa shape index (κ2) is 6.89. The zero-order valence-corrected chi connectivity index (χ0v) is 8.75. The summed E-state index contributed by atoms with van der Waals surface area (Å²) in [5, 5.41) is 0. The van der Waals surface area contributed by atoms with Gasteiger partial charge >= 0.3 is 0 Å². The zero-order chi connectivity index (χ0) is 10.3. The SMILES string of the molecule is CCCCC[C@@H](C(N)=O)[C@H](N)CC. The lowest BCUT2D eigenvalue weighted by atomic mass is 9.92. The molecule has 0 bridgehead atoms. The molecule has 13 heavy (non-hydrogen) atoms. The molecule has 3 nitrogen and oxygen atoms in total. The minimum absolute atomic E-state index is 0.0608. The van der Waals surface area contributed by atoms with Crippen LogP contribution in [0.15, 0.2) is 0 Å². The molecule has 0 heterocycles. The number of rotatable bonds is 7. The van der Waals surface area contributed by atoms with Crippen LogP contribution in [0.1, 0.15) is 46.0 Å². The fraction of sp³-hybridized carbons (Fsp3) is 0.900. The molecular formula is C10H22N2O. The molecule has 0 rings (SSSR count). The smallest absolute Gasteiger partial charge is 0.222 e. The monoisotopic (exact) mass is 186 g/mol. The summed E-state index contributed by atoms with van der Waals surface area (Å²) in [6, 6.07) is -0.0608. The summed E-state index contributed by atoms with van der Waals surface area (Å²) in [6.07, 6.45) is 5.03. The number of primary amides is 1. The summed E-state index contributed by atoms with van der Waals surface area (Å²) < 4.78 is 0. The molecule has 0 saturated carbocycles. The molecule has 0 unspecified atom stereocenters. The fourth-order valence-corrected chi connectivity index (χ4v) is 1.47. The molecule has 1 amide bonds. The van der Waals surface area contributed by atoms with Crippen molar-refractivity contribution in [3.63, 3.8) is 0 Å². The number of carbonyl (C=O) groups is 1. The van der Waals surface area contributed by atoms with Crippen molar-refractivity contribution in [2.75, 3.05) is 0 Å². The highest BCUT2D eigenvalue weighted by atomic mass is 16.1. The Labute approximate surface area is 80.9 Å². The van der Waals surface area contributed by atoms with Gasteiger partial charge in [-0.25, -0.2) is 0 Å². The second-order valence-electron chi connectivity index (χ2n) is 3.58. The van der Waals surface area contributed by atoms with Gasteiger partial charge in [-0.15, -0.1) is 0 Å². The van der Waals surface area contributed by atoms with Crippen LogP contribution in [0.5, 0.6) is 0 Å². The van der Waals surface area contributed by atoms with Crippen LogP contribution in [0.3, 0.4) is 0 Å².